The number of nitrogen functional groups attached to an aromatic ring is 1. The molecule has 2 N–H and O–H groups in total. The van der Waals surface area contributed by atoms with Crippen molar-refractivity contribution in [1.82, 2.24) is 4.98 Å². The van der Waals surface area contributed by atoms with Crippen LogP contribution in [0, 0.1) is 0 Å². The lowest BCUT2D eigenvalue weighted by Crippen LogP contribution is -1.87. The van der Waals surface area contributed by atoms with Crippen molar-refractivity contribution in [3.8, 4) is 0 Å². The van der Waals surface area contributed by atoms with Gasteiger partial charge in [0, 0.05) is 25.1 Å². The summed E-state index contributed by atoms with van der Waals surface area (Å²) in [4.78, 5) is 14.6. The zero-order valence-electron chi connectivity index (χ0n) is 8.64. The molecule has 0 aliphatic rings. The van der Waals surface area contributed by atoms with Crippen molar-refractivity contribution in [3.05, 3.63) is 30.1 Å². The molecule has 1 aromatic rings. The third-order valence-electron chi connectivity index (χ3n) is 1.68. The molecule has 1 rings (SSSR count). The molecule has 0 fully saturated rings. The van der Waals surface area contributed by atoms with Gasteiger partial charge in [-0.1, -0.05) is 23.9 Å². The van der Waals surface area contributed by atoms with Crippen LogP contribution in [0.1, 0.15) is 18.9 Å². The summed E-state index contributed by atoms with van der Waals surface area (Å²) in [5, 5.41) is 0.161. The van der Waals surface area contributed by atoms with Gasteiger partial charge in [-0.3, -0.25) is 9.78 Å². The molecule has 15 heavy (non-hydrogen) atoms. The van der Waals surface area contributed by atoms with Crippen LogP contribution in [0.25, 0.3) is 6.08 Å². The van der Waals surface area contributed by atoms with Gasteiger partial charge in [-0.25, -0.2) is 0 Å². The van der Waals surface area contributed by atoms with Crippen molar-refractivity contribution in [2.24, 2.45) is 0 Å². The van der Waals surface area contributed by atoms with Gasteiger partial charge < -0.3 is 5.73 Å². The first-order valence-electron chi connectivity index (χ1n) is 4.69. The van der Waals surface area contributed by atoms with Crippen LogP contribution in [-0.4, -0.2) is 15.9 Å². The number of carbonyl (C=O) groups excluding carboxylic acids is 1. The highest BCUT2D eigenvalue weighted by Gasteiger charge is 1.91. The van der Waals surface area contributed by atoms with E-state index in [2.05, 4.69) is 4.98 Å². The topological polar surface area (TPSA) is 56.0 Å². The van der Waals surface area contributed by atoms with Crippen LogP contribution in [0.5, 0.6) is 0 Å². The molecule has 1 heterocycles. The fourth-order valence-corrected chi connectivity index (χ4v) is 1.60. The normalized spacial score (nSPS) is 10.7. The van der Waals surface area contributed by atoms with Crippen molar-refractivity contribution in [2.75, 3.05) is 11.5 Å². The fraction of sp³-hybridized carbons (Fsp3) is 0.273. The number of nitrogens with two attached hydrogens (primary N) is 1. The van der Waals surface area contributed by atoms with E-state index in [0.29, 0.717) is 5.69 Å². The van der Waals surface area contributed by atoms with Crippen LogP contribution >= 0.6 is 11.8 Å². The quantitative estimate of drug-likeness (QED) is 0.794. The number of allylic oxidation sites excluding steroid dienone is 1. The standard InChI is InChI=1S/C11H14N2OS/c1-9(14)15-5-3-2-4-10-6-11(12)8-13-7-10/h2,4,6-8H,3,5,12H2,1H3. The van der Waals surface area contributed by atoms with E-state index in [9.17, 15) is 4.79 Å². The lowest BCUT2D eigenvalue weighted by Gasteiger charge is -1.95. The van der Waals surface area contributed by atoms with Gasteiger partial charge in [-0.2, -0.15) is 0 Å². The Labute approximate surface area is 93.8 Å². The van der Waals surface area contributed by atoms with Crippen LogP contribution in [0.3, 0.4) is 0 Å². The van der Waals surface area contributed by atoms with Gasteiger partial charge in [-0.05, 0) is 18.1 Å². The average molecular weight is 222 g/mol. The highest BCUT2D eigenvalue weighted by molar-refractivity contribution is 8.13. The molecule has 0 aromatic carbocycles. The van der Waals surface area contributed by atoms with E-state index in [0.717, 1.165) is 17.7 Å². The fourth-order valence-electron chi connectivity index (χ4n) is 1.06. The monoisotopic (exact) mass is 222 g/mol. The van der Waals surface area contributed by atoms with Gasteiger partial charge in [0.15, 0.2) is 5.12 Å². The zero-order valence-corrected chi connectivity index (χ0v) is 9.46. The number of carbonyl (C=O) groups is 1. The summed E-state index contributed by atoms with van der Waals surface area (Å²) in [6, 6.07) is 1.86. The van der Waals surface area contributed by atoms with Gasteiger partial charge in [0.1, 0.15) is 0 Å². The smallest absolute Gasteiger partial charge is 0.185 e. The summed E-state index contributed by atoms with van der Waals surface area (Å²) in [6.07, 6.45) is 8.23. The second-order valence-electron chi connectivity index (χ2n) is 3.08. The Morgan fingerprint density at radius 2 is 2.40 bits per heavy atom. The van der Waals surface area contributed by atoms with Crippen molar-refractivity contribution in [1.29, 1.82) is 0 Å². The van der Waals surface area contributed by atoms with E-state index < -0.39 is 0 Å². The van der Waals surface area contributed by atoms with Gasteiger partial charge in [0.25, 0.3) is 0 Å². The Bertz CT molecular complexity index is 363. The number of pyridine rings is 1. The van der Waals surface area contributed by atoms with Gasteiger partial charge in [-0.15, -0.1) is 0 Å². The van der Waals surface area contributed by atoms with Crippen molar-refractivity contribution in [2.45, 2.75) is 13.3 Å². The number of nitrogens with zero attached hydrogens (tertiary/aromatic N) is 1. The molecular formula is C11H14N2OS. The Hall–Kier alpha value is -1.29. The molecule has 0 aliphatic heterocycles. The minimum absolute atomic E-state index is 0.161. The third kappa shape index (κ3) is 5.22. The molecule has 0 saturated heterocycles. The lowest BCUT2D eigenvalue weighted by molar-refractivity contribution is -0.109. The van der Waals surface area contributed by atoms with Gasteiger partial charge >= 0.3 is 0 Å². The maximum absolute atomic E-state index is 10.6. The van der Waals surface area contributed by atoms with Crippen LogP contribution in [-0.2, 0) is 4.79 Å². The Morgan fingerprint density at radius 1 is 1.60 bits per heavy atom. The van der Waals surface area contributed by atoms with E-state index in [1.807, 2.05) is 18.2 Å². The second-order valence-corrected chi connectivity index (χ2v) is 4.35. The van der Waals surface area contributed by atoms with E-state index in [4.69, 9.17) is 5.73 Å². The third-order valence-corrected chi connectivity index (χ3v) is 2.53. The molecule has 0 spiro atoms. The summed E-state index contributed by atoms with van der Waals surface area (Å²) in [6.45, 7) is 1.58. The van der Waals surface area contributed by atoms with E-state index in [1.54, 1.807) is 19.3 Å². The number of hydrogen-bond donors (Lipinski definition) is 1. The second kappa shape index (κ2) is 6.24. The zero-order chi connectivity index (χ0) is 11.1. The molecule has 1 aromatic heterocycles. The first kappa shape index (κ1) is 11.8. The number of thioether (sulfide) groups is 1. The van der Waals surface area contributed by atoms with Gasteiger partial charge in [0.05, 0.1) is 5.69 Å². The molecule has 0 radical (unpaired) electrons. The molecule has 0 amide bonds. The molecule has 0 unspecified atom stereocenters. The van der Waals surface area contributed by atoms with Gasteiger partial charge in [0.2, 0.25) is 0 Å². The lowest BCUT2D eigenvalue weighted by atomic mass is 10.2. The molecule has 0 saturated carbocycles. The van der Waals surface area contributed by atoms with Crippen LogP contribution < -0.4 is 5.73 Å². The number of hydrogen-bond acceptors (Lipinski definition) is 4. The van der Waals surface area contributed by atoms with E-state index in [-0.39, 0.29) is 5.12 Å². The largest absolute Gasteiger partial charge is 0.397 e. The molecule has 3 nitrogen and oxygen atoms in total. The molecule has 4 heteroatoms. The minimum Gasteiger partial charge on any atom is -0.397 e. The Balaban J connectivity index is 2.35. The van der Waals surface area contributed by atoms with Crippen molar-refractivity contribution in [3.63, 3.8) is 0 Å². The maximum Gasteiger partial charge on any atom is 0.185 e. The summed E-state index contributed by atoms with van der Waals surface area (Å²) in [5.41, 5.74) is 7.23. The van der Waals surface area contributed by atoms with Crippen LogP contribution in [0.4, 0.5) is 5.69 Å². The molecule has 0 atom stereocenters. The first-order valence-corrected chi connectivity index (χ1v) is 5.67. The van der Waals surface area contributed by atoms with Crippen molar-refractivity contribution < 1.29 is 4.79 Å². The number of aromatic nitrogens is 1. The number of anilines is 1. The number of rotatable bonds is 4. The molecular weight excluding hydrogens is 208 g/mol. The van der Waals surface area contributed by atoms with E-state index in [1.165, 1.54) is 11.8 Å². The SMILES string of the molecule is CC(=O)SCCC=Cc1cncc(N)c1. The minimum atomic E-state index is 0.161. The van der Waals surface area contributed by atoms with Crippen LogP contribution in [0.15, 0.2) is 24.5 Å². The molecule has 0 bridgehead atoms. The Kier molecular flexibility index (Phi) is 4.90. The predicted octanol–water partition coefficient (Wildman–Crippen LogP) is 2.35. The highest BCUT2D eigenvalue weighted by Crippen LogP contribution is 2.08. The molecule has 0 aliphatic carbocycles. The van der Waals surface area contributed by atoms with E-state index >= 15 is 0 Å². The Morgan fingerprint density at radius 3 is 3.07 bits per heavy atom. The first-order chi connectivity index (χ1) is 7.18. The average Bonchev–Trinajstić information content (AvgIpc) is 2.17. The maximum atomic E-state index is 10.6. The molecule has 80 valence electrons. The van der Waals surface area contributed by atoms with Crippen LogP contribution in [0.2, 0.25) is 0 Å². The highest BCUT2D eigenvalue weighted by atomic mass is 32.2. The summed E-state index contributed by atoms with van der Waals surface area (Å²) in [5.74, 6) is 0.821. The summed E-state index contributed by atoms with van der Waals surface area (Å²) in [7, 11) is 0. The van der Waals surface area contributed by atoms with Crippen molar-refractivity contribution >= 4 is 28.6 Å². The predicted molar refractivity (Wildman–Crippen MR) is 65.4 cm³/mol. The summed E-state index contributed by atoms with van der Waals surface area (Å²) < 4.78 is 0. The summed E-state index contributed by atoms with van der Waals surface area (Å²) >= 11 is 1.34.